The van der Waals surface area contributed by atoms with E-state index in [9.17, 15) is 4.79 Å². The van der Waals surface area contributed by atoms with Crippen LogP contribution in [0.25, 0.3) is 0 Å². The van der Waals surface area contributed by atoms with Crippen LogP contribution in [0.15, 0.2) is 0 Å². The van der Waals surface area contributed by atoms with E-state index in [-0.39, 0.29) is 24.2 Å². The fourth-order valence-electron chi connectivity index (χ4n) is 2.11. The van der Waals surface area contributed by atoms with Gasteiger partial charge in [-0.25, -0.2) is 0 Å². The van der Waals surface area contributed by atoms with Crippen LogP contribution in [0.4, 0.5) is 0 Å². The topological polar surface area (TPSA) is 55.1 Å². The Labute approximate surface area is 105 Å². The molecule has 0 unspecified atom stereocenters. The molecule has 0 aromatic heterocycles. The Bertz CT molecular complexity index is 201. The van der Waals surface area contributed by atoms with Crippen LogP contribution in [0.3, 0.4) is 0 Å². The van der Waals surface area contributed by atoms with Gasteiger partial charge in [0.1, 0.15) is 0 Å². The van der Waals surface area contributed by atoms with Crippen molar-refractivity contribution in [2.45, 2.75) is 39.5 Å². The fourth-order valence-corrected chi connectivity index (χ4v) is 2.11. The minimum Gasteiger partial charge on any atom is -0.356 e. The third-order valence-electron chi connectivity index (χ3n) is 3.24. The molecule has 16 heavy (non-hydrogen) atoms. The van der Waals surface area contributed by atoms with Crippen molar-refractivity contribution >= 4 is 18.3 Å². The zero-order valence-corrected chi connectivity index (χ0v) is 11.2. The molecule has 96 valence electrons. The van der Waals surface area contributed by atoms with Gasteiger partial charge in [0.05, 0.1) is 0 Å². The molecule has 3 nitrogen and oxygen atoms in total. The first-order valence-electron chi connectivity index (χ1n) is 6.11. The molecule has 1 fully saturated rings. The number of amides is 1. The quantitative estimate of drug-likeness (QED) is 0.799. The summed E-state index contributed by atoms with van der Waals surface area (Å²) in [7, 11) is 0. The van der Waals surface area contributed by atoms with Gasteiger partial charge in [-0.05, 0) is 44.1 Å². The molecule has 1 amide bonds. The minimum absolute atomic E-state index is 0. The van der Waals surface area contributed by atoms with Crippen LogP contribution in [0, 0.1) is 17.8 Å². The summed E-state index contributed by atoms with van der Waals surface area (Å²) in [4.78, 5) is 11.8. The molecular weight excluding hydrogens is 224 g/mol. The summed E-state index contributed by atoms with van der Waals surface area (Å²) in [5.41, 5.74) is 5.62. The molecule has 0 aliphatic heterocycles. The number of nitrogens with two attached hydrogens (primary N) is 1. The van der Waals surface area contributed by atoms with Gasteiger partial charge in [-0.3, -0.25) is 4.79 Å². The van der Waals surface area contributed by atoms with Gasteiger partial charge in [0, 0.05) is 12.5 Å². The second kappa shape index (κ2) is 7.91. The Hall–Kier alpha value is -0.280. The third-order valence-corrected chi connectivity index (χ3v) is 3.24. The Balaban J connectivity index is 0.00000225. The highest BCUT2D eigenvalue weighted by molar-refractivity contribution is 5.85. The first kappa shape index (κ1) is 15.7. The summed E-state index contributed by atoms with van der Waals surface area (Å²) >= 11 is 0. The second-order valence-corrected chi connectivity index (χ2v) is 5.09. The lowest BCUT2D eigenvalue weighted by molar-refractivity contribution is -0.126. The summed E-state index contributed by atoms with van der Waals surface area (Å²) in [5.74, 6) is 1.68. The van der Waals surface area contributed by atoms with Gasteiger partial charge in [0.2, 0.25) is 5.91 Å². The maximum atomic E-state index is 11.8. The molecule has 3 N–H and O–H groups in total. The molecule has 0 bridgehead atoms. The van der Waals surface area contributed by atoms with Gasteiger partial charge in [-0.2, -0.15) is 0 Å². The van der Waals surface area contributed by atoms with E-state index in [0.29, 0.717) is 11.8 Å². The summed E-state index contributed by atoms with van der Waals surface area (Å²) < 4.78 is 0. The summed E-state index contributed by atoms with van der Waals surface area (Å²) in [5, 5.41) is 3.01. The molecule has 1 saturated carbocycles. The van der Waals surface area contributed by atoms with E-state index < -0.39 is 0 Å². The average molecular weight is 249 g/mol. The van der Waals surface area contributed by atoms with Crippen molar-refractivity contribution in [1.29, 1.82) is 0 Å². The SMILES string of the molecule is CC(C)CNC(=O)C1CCC(CN)CC1.Cl. The molecule has 1 aliphatic carbocycles. The van der Waals surface area contributed by atoms with E-state index in [1.807, 2.05) is 0 Å². The first-order chi connectivity index (χ1) is 7.13. The molecule has 0 radical (unpaired) electrons. The Morgan fingerprint density at radius 3 is 2.31 bits per heavy atom. The minimum atomic E-state index is 0. The van der Waals surface area contributed by atoms with E-state index in [1.54, 1.807) is 0 Å². The standard InChI is InChI=1S/C12H24N2O.ClH/c1-9(2)8-14-12(15)11-5-3-10(7-13)4-6-11;/h9-11H,3-8,13H2,1-2H3,(H,14,15);1H. The molecule has 0 aromatic rings. The van der Waals surface area contributed by atoms with Crippen molar-refractivity contribution in [3.63, 3.8) is 0 Å². The average Bonchev–Trinajstić information content (AvgIpc) is 2.26. The normalized spacial score (nSPS) is 25.0. The van der Waals surface area contributed by atoms with Crippen LogP contribution in [0.2, 0.25) is 0 Å². The van der Waals surface area contributed by atoms with Gasteiger partial charge >= 0.3 is 0 Å². The Kier molecular flexibility index (Phi) is 7.77. The van der Waals surface area contributed by atoms with Crippen LogP contribution < -0.4 is 11.1 Å². The fraction of sp³-hybridized carbons (Fsp3) is 0.917. The number of hydrogen-bond acceptors (Lipinski definition) is 2. The first-order valence-corrected chi connectivity index (χ1v) is 6.11. The lowest BCUT2D eigenvalue weighted by atomic mass is 9.81. The lowest BCUT2D eigenvalue weighted by Gasteiger charge is -2.27. The molecule has 4 heteroatoms. The molecular formula is C12H25ClN2O. The van der Waals surface area contributed by atoms with Crippen molar-refractivity contribution < 1.29 is 4.79 Å². The second-order valence-electron chi connectivity index (χ2n) is 5.09. The number of nitrogens with one attached hydrogen (secondary N) is 1. The zero-order chi connectivity index (χ0) is 11.3. The summed E-state index contributed by atoms with van der Waals surface area (Å²) in [6, 6.07) is 0. The van der Waals surface area contributed by atoms with E-state index in [4.69, 9.17) is 5.73 Å². The Morgan fingerprint density at radius 1 is 1.31 bits per heavy atom. The van der Waals surface area contributed by atoms with Crippen LogP contribution in [-0.4, -0.2) is 19.0 Å². The van der Waals surface area contributed by atoms with Crippen molar-refractivity contribution in [3.05, 3.63) is 0 Å². The largest absolute Gasteiger partial charge is 0.356 e. The highest BCUT2D eigenvalue weighted by atomic mass is 35.5. The van der Waals surface area contributed by atoms with Crippen molar-refractivity contribution in [2.24, 2.45) is 23.5 Å². The van der Waals surface area contributed by atoms with Crippen molar-refractivity contribution in [3.8, 4) is 0 Å². The monoisotopic (exact) mass is 248 g/mol. The van der Waals surface area contributed by atoms with Gasteiger partial charge in [-0.15, -0.1) is 12.4 Å². The van der Waals surface area contributed by atoms with Gasteiger partial charge in [0.15, 0.2) is 0 Å². The van der Waals surface area contributed by atoms with E-state index >= 15 is 0 Å². The predicted octanol–water partition coefficient (Wildman–Crippen LogP) is 1.95. The molecule has 1 rings (SSSR count). The van der Waals surface area contributed by atoms with Crippen LogP contribution in [-0.2, 0) is 4.79 Å². The molecule has 0 aromatic carbocycles. The number of rotatable bonds is 4. The summed E-state index contributed by atoms with van der Waals surface area (Å²) in [6.07, 6.45) is 4.28. The Morgan fingerprint density at radius 2 is 1.88 bits per heavy atom. The molecule has 0 atom stereocenters. The third kappa shape index (κ3) is 5.17. The molecule has 0 heterocycles. The van der Waals surface area contributed by atoms with Gasteiger partial charge in [-0.1, -0.05) is 13.8 Å². The van der Waals surface area contributed by atoms with E-state index in [2.05, 4.69) is 19.2 Å². The van der Waals surface area contributed by atoms with Crippen molar-refractivity contribution in [2.75, 3.05) is 13.1 Å². The van der Waals surface area contributed by atoms with Crippen LogP contribution in [0.1, 0.15) is 39.5 Å². The highest BCUT2D eigenvalue weighted by Crippen LogP contribution is 2.28. The smallest absolute Gasteiger partial charge is 0.223 e. The summed E-state index contributed by atoms with van der Waals surface area (Å²) in [6.45, 7) is 5.81. The number of hydrogen-bond donors (Lipinski definition) is 2. The van der Waals surface area contributed by atoms with E-state index in [1.165, 1.54) is 0 Å². The highest BCUT2D eigenvalue weighted by Gasteiger charge is 2.25. The van der Waals surface area contributed by atoms with Gasteiger partial charge < -0.3 is 11.1 Å². The number of carbonyl (C=O) groups is 1. The van der Waals surface area contributed by atoms with Crippen LogP contribution in [0.5, 0.6) is 0 Å². The maximum absolute atomic E-state index is 11.8. The van der Waals surface area contributed by atoms with Gasteiger partial charge in [0.25, 0.3) is 0 Å². The molecule has 0 saturated heterocycles. The number of halogens is 1. The lowest BCUT2D eigenvalue weighted by Crippen LogP contribution is -2.36. The predicted molar refractivity (Wildman–Crippen MR) is 69.6 cm³/mol. The van der Waals surface area contributed by atoms with Crippen LogP contribution >= 0.6 is 12.4 Å². The maximum Gasteiger partial charge on any atom is 0.223 e. The zero-order valence-electron chi connectivity index (χ0n) is 10.4. The molecule has 0 spiro atoms. The van der Waals surface area contributed by atoms with E-state index in [0.717, 1.165) is 38.8 Å². The number of carbonyl (C=O) groups excluding carboxylic acids is 1. The molecule has 1 aliphatic rings. The van der Waals surface area contributed by atoms with Crippen molar-refractivity contribution in [1.82, 2.24) is 5.32 Å².